The largest absolute Gasteiger partial charge is 0.439 e. The molecular formula is C15H21N3O3S. The second-order valence-electron chi connectivity index (χ2n) is 6.24. The first-order valence-corrected chi connectivity index (χ1v) is 8.35. The van der Waals surface area contributed by atoms with Crippen molar-refractivity contribution >= 4 is 23.3 Å². The normalized spacial score (nSPS) is 25.0. The lowest BCUT2D eigenvalue weighted by Crippen LogP contribution is -2.52. The minimum atomic E-state index is -0.521. The molecule has 2 aliphatic rings. The molecule has 120 valence electrons. The lowest BCUT2D eigenvalue weighted by atomic mass is 9.92. The van der Waals surface area contributed by atoms with E-state index >= 15 is 0 Å². The zero-order valence-corrected chi connectivity index (χ0v) is 14.0. The number of carbonyl (C=O) groups excluding carboxylic acids is 2. The summed E-state index contributed by atoms with van der Waals surface area (Å²) < 4.78 is 5.54. The van der Waals surface area contributed by atoms with E-state index in [1.54, 1.807) is 23.3 Å². The lowest BCUT2D eigenvalue weighted by Gasteiger charge is -2.38. The molecule has 22 heavy (non-hydrogen) atoms. The third-order valence-electron chi connectivity index (χ3n) is 4.35. The van der Waals surface area contributed by atoms with Gasteiger partial charge in [-0.2, -0.15) is 0 Å². The van der Waals surface area contributed by atoms with Crippen LogP contribution in [0, 0.1) is 13.8 Å². The van der Waals surface area contributed by atoms with Crippen LogP contribution in [0.25, 0.3) is 0 Å². The number of piperidine rings is 1. The standard InChI is InChI=1S/C15H21N3O3S/c1-10-12(16-11(2)22-10)7-13(19)18-6-4-5-15(9-18)8-17(3)14(20)21-15/h4-9H2,1-3H3/t15-/m0/s1. The number of carbonyl (C=O) groups is 2. The van der Waals surface area contributed by atoms with Crippen molar-refractivity contribution in [3.63, 3.8) is 0 Å². The fourth-order valence-electron chi connectivity index (χ4n) is 3.31. The Bertz CT molecular complexity index is 615. The first kappa shape index (κ1) is 15.3. The van der Waals surface area contributed by atoms with Crippen molar-refractivity contribution in [3.8, 4) is 0 Å². The fraction of sp³-hybridized carbons (Fsp3) is 0.667. The summed E-state index contributed by atoms with van der Waals surface area (Å²) >= 11 is 1.62. The summed E-state index contributed by atoms with van der Waals surface area (Å²) in [7, 11) is 1.74. The number of aromatic nitrogens is 1. The van der Waals surface area contributed by atoms with Crippen molar-refractivity contribution in [2.24, 2.45) is 0 Å². The van der Waals surface area contributed by atoms with Gasteiger partial charge in [0, 0.05) is 18.5 Å². The number of nitrogens with zero attached hydrogens (tertiary/aromatic N) is 3. The van der Waals surface area contributed by atoms with E-state index in [1.807, 2.05) is 18.7 Å². The van der Waals surface area contributed by atoms with E-state index in [4.69, 9.17) is 4.74 Å². The summed E-state index contributed by atoms with van der Waals surface area (Å²) in [5, 5.41) is 0.988. The fourth-order valence-corrected chi connectivity index (χ4v) is 4.14. The van der Waals surface area contributed by atoms with Gasteiger partial charge in [-0.1, -0.05) is 0 Å². The van der Waals surface area contributed by atoms with Crippen LogP contribution >= 0.6 is 11.3 Å². The van der Waals surface area contributed by atoms with Gasteiger partial charge in [0.05, 0.1) is 30.2 Å². The summed E-state index contributed by atoms with van der Waals surface area (Å²) in [5.41, 5.74) is 0.347. The van der Waals surface area contributed by atoms with Crippen LogP contribution in [0.1, 0.15) is 28.4 Å². The molecule has 2 amide bonds. The lowest BCUT2D eigenvalue weighted by molar-refractivity contribution is -0.136. The molecule has 3 heterocycles. The number of hydrogen-bond acceptors (Lipinski definition) is 5. The molecule has 0 aromatic carbocycles. The Morgan fingerprint density at radius 3 is 2.77 bits per heavy atom. The quantitative estimate of drug-likeness (QED) is 0.832. The SMILES string of the molecule is Cc1nc(CC(=O)N2CCC[C@]3(CN(C)C(=O)O3)C2)c(C)s1. The van der Waals surface area contributed by atoms with E-state index in [0.29, 0.717) is 19.5 Å². The molecule has 0 aliphatic carbocycles. The highest BCUT2D eigenvalue weighted by Gasteiger charge is 2.47. The summed E-state index contributed by atoms with van der Waals surface area (Å²) in [6.07, 6.45) is 1.72. The minimum Gasteiger partial charge on any atom is -0.439 e. The summed E-state index contributed by atoms with van der Waals surface area (Å²) in [6, 6.07) is 0. The highest BCUT2D eigenvalue weighted by atomic mass is 32.1. The first-order chi connectivity index (χ1) is 10.4. The summed E-state index contributed by atoms with van der Waals surface area (Å²) in [4.78, 5) is 33.2. The van der Waals surface area contributed by atoms with E-state index < -0.39 is 5.60 Å². The van der Waals surface area contributed by atoms with Crippen molar-refractivity contribution in [3.05, 3.63) is 15.6 Å². The Morgan fingerprint density at radius 1 is 1.41 bits per heavy atom. The summed E-state index contributed by atoms with van der Waals surface area (Å²) in [6.45, 7) is 5.73. The number of aryl methyl sites for hydroxylation is 2. The Kier molecular flexibility index (Phi) is 3.84. The molecule has 1 aromatic heterocycles. The Labute approximate surface area is 134 Å². The van der Waals surface area contributed by atoms with Gasteiger partial charge < -0.3 is 14.5 Å². The Hall–Kier alpha value is -1.63. The molecule has 0 saturated carbocycles. The number of amides is 2. The van der Waals surface area contributed by atoms with Crippen LogP contribution in [-0.2, 0) is 16.0 Å². The Balaban J connectivity index is 1.68. The molecule has 2 saturated heterocycles. The zero-order valence-electron chi connectivity index (χ0n) is 13.2. The van der Waals surface area contributed by atoms with E-state index in [2.05, 4.69) is 4.98 Å². The average molecular weight is 323 g/mol. The third-order valence-corrected chi connectivity index (χ3v) is 5.28. The highest BCUT2D eigenvalue weighted by molar-refractivity contribution is 7.11. The number of likely N-dealkylation sites (tertiary alicyclic amines) is 1. The zero-order chi connectivity index (χ0) is 15.9. The smallest absolute Gasteiger partial charge is 0.410 e. The average Bonchev–Trinajstić information content (AvgIpc) is 2.89. The van der Waals surface area contributed by atoms with Crippen LogP contribution in [0.2, 0.25) is 0 Å². The molecule has 3 rings (SSSR count). The van der Waals surface area contributed by atoms with Crippen LogP contribution in [0.5, 0.6) is 0 Å². The number of rotatable bonds is 2. The Morgan fingerprint density at radius 2 is 2.18 bits per heavy atom. The van der Waals surface area contributed by atoms with Gasteiger partial charge in [-0.3, -0.25) is 4.79 Å². The van der Waals surface area contributed by atoms with E-state index in [-0.39, 0.29) is 12.0 Å². The molecule has 1 atom stereocenters. The minimum absolute atomic E-state index is 0.0677. The van der Waals surface area contributed by atoms with Crippen LogP contribution in [0.3, 0.4) is 0 Å². The predicted octanol–water partition coefficient (Wildman–Crippen LogP) is 1.75. The van der Waals surface area contributed by atoms with Gasteiger partial charge in [-0.15, -0.1) is 11.3 Å². The van der Waals surface area contributed by atoms with Crippen LogP contribution < -0.4 is 0 Å². The molecule has 6 nitrogen and oxygen atoms in total. The topological polar surface area (TPSA) is 62.7 Å². The molecule has 1 spiro atoms. The van der Waals surface area contributed by atoms with Crippen LogP contribution in [0.15, 0.2) is 0 Å². The van der Waals surface area contributed by atoms with Crippen molar-refractivity contribution < 1.29 is 14.3 Å². The van der Waals surface area contributed by atoms with Crippen molar-refractivity contribution in [2.75, 3.05) is 26.7 Å². The second-order valence-corrected chi connectivity index (χ2v) is 7.65. The third kappa shape index (κ3) is 2.82. The molecule has 0 bridgehead atoms. The molecule has 1 aromatic rings. The van der Waals surface area contributed by atoms with Crippen molar-refractivity contribution in [1.82, 2.24) is 14.8 Å². The predicted molar refractivity (Wildman–Crippen MR) is 82.9 cm³/mol. The number of thiazole rings is 1. The second kappa shape index (κ2) is 5.53. The highest BCUT2D eigenvalue weighted by Crippen LogP contribution is 2.31. The van der Waals surface area contributed by atoms with Gasteiger partial charge in [0.25, 0.3) is 0 Å². The maximum atomic E-state index is 12.6. The maximum Gasteiger partial charge on any atom is 0.410 e. The first-order valence-electron chi connectivity index (χ1n) is 7.53. The van der Waals surface area contributed by atoms with Gasteiger partial charge in [0.15, 0.2) is 0 Å². The molecule has 2 aliphatic heterocycles. The van der Waals surface area contributed by atoms with Crippen molar-refractivity contribution in [2.45, 2.75) is 38.7 Å². The monoisotopic (exact) mass is 323 g/mol. The number of hydrogen-bond donors (Lipinski definition) is 0. The van der Waals surface area contributed by atoms with E-state index in [9.17, 15) is 9.59 Å². The maximum absolute atomic E-state index is 12.6. The molecular weight excluding hydrogens is 302 g/mol. The van der Waals surface area contributed by atoms with Gasteiger partial charge in [-0.05, 0) is 26.7 Å². The van der Waals surface area contributed by atoms with Gasteiger partial charge >= 0.3 is 6.09 Å². The molecule has 2 fully saturated rings. The summed E-state index contributed by atoms with van der Waals surface area (Å²) in [5.74, 6) is 0.0677. The number of likely N-dealkylation sites (N-methyl/N-ethyl adjacent to an activating group) is 1. The molecule has 7 heteroatoms. The van der Waals surface area contributed by atoms with Crippen molar-refractivity contribution in [1.29, 1.82) is 0 Å². The molecule has 0 N–H and O–H groups in total. The molecule has 0 unspecified atom stereocenters. The van der Waals surface area contributed by atoms with Crippen LogP contribution in [-0.4, -0.2) is 59.1 Å². The van der Waals surface area contributed by atoms with Gasteiger partial charge in [-0.25, -0.2) is 9.78 Å². The van der Waals surface area contributed by atoms with E-state index in [0.717, 1.165) is 35.0 Å². The van der Waals surface area contributed by atoms with Gasteiger partial charge in [0.2, 0.25) is 5.91 Å². The van der Waals surface area contributed by atoms with Crippen LogP contribution in [0.4, 0.5) is 4.79 Å². The number of ether oxygens (including phenoxy) is 1. The van der Waals surface area contributed by atoms with Gasteiger partial charge in [0.1, 0.15) is 5.60 Å². The molecule has 0 radical (unpaired) electrons. The van der Waals surface area contributed by atoms with E-state index in [1.165, 1.54) is 0 Å².